The maximum absolute atomic E-state index is 12.6. The van der Waals surface area contributed by atoms with Gasteiger partial charge in [-0.05, 0) is 30.3 Å². The van der Waals surface area contributed by atoms with E-state index in [0.29, 0.717) is 41.1 Å². The molecule has 1 aromatic heterocycles. The molecule has 112 valence electrons. The van der Waals surface area contributed by atoms with E-state index in [2.05, 4.69) is 0 Å². The van der Waals surface area contributed by atoms with Crippen LogP contribution in [0.25, 0.3) is 0 Å². The van der Waals surface area contributed by atoms with Gasteiger partial charge in [0.25, 0.3) is 5.91 Å². The topological polar surface area (TPSA) is 42.7 Å². The number of benzene rings is 1. The Morgan fingerprint density at radius 1 is 1.33 bits per heavy atom. The molecule has 0 bridgehead atoms. The molecule has 1 amide bonds. The zero-order chi connectivity index (χ0) is 15.2. The van der Waals surface area contributed by atoms with Crippen LogP contribution in [0.2, 0.25) is 10.0 Å². The lowest BCUT2D eigenvalue weighted by Gasteiger charge is -2.22. The van der Waals surface area contributed by atoms with Crippen molar-refractivity contribution in [1.82, 2.24) is 4.90 Å². The predicted octanol–water partition coefficient (Wildman–Crippen LogP) is 3.88. The molecule has 1 heterocycles. The third-order valence-electron chi connectivity index (χ3n) is 2.94. The fourth-order valence-electron chi connectivity index (χ4n) is 1.88. The van der Waals surface area contributed by atoms with Crippen molar-refractivity contribution >= 4 is 29.1 Å². The van der Waals surface area contributed by atoms with Crippen LogP contribution in [0.1, 0.15) is 16.1 Å². The molecule has 0 radical (unpaired) electrons. The van der Waals surface area contributed by atoms with Gasteiger partial charge in [-0.15, -0.1) is 0 Å². The average molecular weight is 328 g/mol. The minimum Gasteiger partial charge on any atom is -0.467 e. The summed E-state index contributed by atoms with van der Waals surface area (Å²) < 4.78 is 10.3. The molecular weight excluding hydrogens is 313 g/mol. The molecule has 0 saturated carbocycles. The second-order valence-electron chi connectivity index (χ2n) is 4.42. The van der Waals surface area contributed by atoms with Crippen LogP contribution in [-0.4, -0.2) is 31.1 Å². The highest BCUT2D eigenvalue weighted by Crippen LogP contribution is 2.23. The molecule has 6 heteroatoms. The molecule has 0 saturated heterocycles. The van der Waals surface area contributed by atoms with Crippen molar-refractivity contribution in [3.05, 3.63) is 58.0 Å². The monoisotopic (exact) mass is 327 g/mol. The molecule has 0 aliphatic heterocycles. The maximum Gasteiger partial charge on any atom is 0.255 e. The van der Waals surface area contributed by atoms with E-state index in [4.69, 9.17) is 32.4 Å². The Morgan fingerprint density at radius 3 is 2.76 bits per heavy atom. The fourth-order valence-corrected chi connectivity index (χ4v) is 2.37. The van der Waals surface area contributed by atoms with Gasteiger partial charge in [-0.1, -0.05) is 23.2 Å². The molecule has 0 fully saturated rings. The van der Waals surface area contributed by atoms with Crippen LogP contribution in [0.4, 0.5) is 0 Å². The van der Waals surface area contributed by atoms with Crippen molar-refractivity contribution in [2.45, 2.75) is 6.54 Å². The Kier molecular flexibility index (Phi) is 5.67. The van der Waals surface area contributed by atoms with Crippen molar-refractivity contribution < 1.29 is 13.9 Å². The largest absolute Gasteiger partial charge is 0.467 e. The molecule has 1 aromatic carbocycles. The van der Waals surface area contributed by atoms with Crippen LogP contribution < -0.4 is 0 Å². The number of hydrogen-bond acceptors (Lipinski definition) is 3. The minimum atomic E-state index is -0.190. The number of nitrogens with zero attached hydrogens (tertiary/aromatic N) is 1. The van der Waals surface area contributed by atoms with Gasteiger partial charge in [0.2, 0.25) is 0 Å². The molecule has 0 N–H and O–H groups in total. The summed E-state index contributed by atoms with van der Waals surface area (Å²) in [6.45, 7) is 1.22. The number of carbonyl (C=O) groups excluding carboxylic acids is 1. The van der Waals surface area contributed by atoms with Crippen molar-refractivity contribution in [3.63, 3.8) is 0 Å². The van der Waals surface area contributed by atoms with E-state index in [1.165, 1.54) is 0 Å². The van der Waals surface area contributed by atoms with Crippen LogP contribution in [0, 0.1) is 0 Å². The van der Waals surface area contributed by atoms with Crippen LogP contribution in [0.3, 0.4) is 0 Å². The van der Waals surface area contributed by atoms with E-state index in [1.54, 1.807) is 42.5 Å². The van der Waals surface area contributed by atoms with Crippen molar-refractivity contribution in [2.24, 2.45) is 0 Å². The zero-order valence-corrected chi connectivity index (χ0v) is 13.0. The first kappa shape index (κ1) is 15.9. The number of hydrogen-bond donors (Lipinski definition) is 0. The van der Waals surface area contributed by atoms with Crippen molar-refractivity contribution in [2.75, 3.05) is 20.3 Å². The molecule has 0 atom stereocenters. The van der Waals surface area contributed by atoms with Gasteiger partial charge in [0, 0.05) is 18.7 Å². The van der Waals surface area contributed by atoms with E-state index in [1.807, 2.05) is 6.07 Å². The Bertz CT molecular complexity index is 599. The molecule has 4 nitrogen and oxygen atoms in total. The number of furan rings is 1. The number of rotatable bonds is 6. The minimum absolute atomic E-state index is 0.190. The van der Waals surface area contributed by atoms with E-state index in [0.717, 1.165) is 0 Å². The molecule has 0 aliphatic carbocycles. The second-order valence-corrected chi connectivity index (χ2v) is 5.27. The lowest BCUT2D eigenvalue weighted by molar-refractivity contribution is 0.0666. The van der Waals surface area contributed by atoms with E-state index >= 15 is 0 Å². The summed E-state index contributed by atoms with van der Waals surface area (Å²) in [5.74, 6) is 0.509. The molecule has 21 heavy (non-hydrogen) atoms. The lowest BCUT2D eigenvalue weighted by Crippen LogP contribution is -2.33. The molecule has 2 rings (SSSR count). The standard InChI is InChI=1S/C15H15Cl2NO3/c1-20-8-6-18(10-12-3-2-7-21-12)15(19)13-5-4-11(16)9-14(13)17/h2-5,7,9H,6,8,10H2,1H3. The number of halogens is 2. The molecular formula is C15H15Cl2NO3. The highest BCUT2D eigenvalue weighted by Gasteiger charge is 2.19. The highest BCUT2D eigenvalue weighted by atomic mass is 35.5. The quantitative estimate of drug-likeness (QED) is 0.808. The van der Waals surface area contributed by atoms with Crippen molar-refractivity contribution in [1.29, 1.82) is 0 Å². The molecule has 0 unspecified atom stereocenters. The fraction of sp³-hybridized carbons (Fsp3) is 0.267. The predicted molar refractivity (Wildman–Crippen MR) is 81.8 cm³/mol. The molecule has 2 aromatic rings. The van der Waals surface area contributed by atoms with Gasteiger partial charge >= 0.3 is 0 Å². The van der Waals surface area contributed by atoms with Gasteiger partial charge in [-0.2, -0.15) is 0 Å². The summed E-state index contributed by atoms with van der Waals surface area (Å²) in [6.07, 6.45) is 1.57. The Balaban J connectivity index is 2.20. The number of carbonyl (C=O) groups is 1. The van der Waals surface area contributed by atoms with E-state index in [9.17, 15) is 4.79 Å². The van der Waals surface area contributed by atoms with Gasteiger partial charge in [0.15, 0.2) is 0 Å². The van der Waals surface area contributed by atoms with Crippen LogP contribution >= 0.6 is 23.2 Å². The average Bonchev–Trinajstić information content (AvgIpc) is 2.95. The zero-order valence-electron chi connectivity index (χ0n) is 11.5. The van der Waals surface area contributed by atoms with E-state index < -0.39 is 0 Å². The number of methoxy groups -OCH3 is 1. The highest BCUT2D eigenvalue weighted by molar-refractivity contribution is 6.36. The maximum atomic E-state index is 12.6. The van der Waals surface area contributed by atoms with Gasteiger partial charge in [0.05, 0.1) is 30.0 Å². The van der Waals surface area contributed by atoms with Gasteiger partial charge in [0.1, 0.15) is 5.76 Å². The summed E-state index contributed by atoms with van der Waals surface area (Å²) >= 11 is 12.0. The van der Waals surface area contributed by atoms with Crippen LogP contribution in [0.15, 0.2) is 41.0 Å². The van der Waals surface area contributed by atoms with Crippen LogP contribution in [-0.2, 0) is 11.3 Å². The summed E-state index contributed by atoms with van der Waals surface area (Å²) in [6, 6.07) is 8.41. The van der Waals surface area contributed by atoms with E-state index in [-0.39, 0.29) is 5.91 Å². The Hall–Kier alpha value is -1.49. The molecule has 0 aliphatic rings. The summed E-state index contributed by atoms with van der Waals surface area (Å²) in [4.78, 5) is 14.2. The smallest absolute Gasteiger partial charge is 0.255 e. The Morgan fingerprint density at radius 2 is 2.14 bits per heavy atom. The summed E-state index contributed by atoms with van der Waals surface area (Å²) in [7, 11) is 1.59. The van der Waals surface area contributed by atoms with Gasteiger partial charge in [-0.25, -0.2) is 0 Å². The number of amides is 1. The first-order valence-corrected chi connectivity index (χ1v) is 7.13. The molecule has 0 spiro atoms. The lowest BCUT2D eigenvalue weighted by atomic mass is 10.2. The first-order valence-electron chi connectivity index (χ1n) is 6.37. The van der Waals surface area contributed by atoms with Crippen molar-refractivity contribution in [3.8, 4) is 0 Å². The third kappa shape index (κ3) is 4.24. The summed E-state index contributed by atoms with van der Waals surface area (Å²) in [5.41, 5.74) is 0.406. The number of ether oxygens (including phenoxy) is 1. The van der Waals surface area contributed by atoms with Crippen LogP contribution in [0.5, 0.6) is 0 Å². The van der Waals surface area contributed by atoms with Gasteiger partial charge < -0.3 is 14.1 Å². The second kappa shape index (κ2) is 7.50. The first-order chi connectivity index (χ1) is 10.1. The Labute approximate surface area is 133 Å². The third-order valence-corrected chi connectivity index (χ3v) is 3.49. The van der Waals surface area contributed by atoms with Gasteiger partial charge in [-0.3, -0.25) is 4.79 Å². The normalized spacial score (nSPS) is 10.6. The SMILES string of the molecule is COCCN(Cc1ccco1)C(=O)c1ccc(Cl)cc1Cl. The summed E-state index contributed by atoms with van der Waals surface area (Å²) in [5, 5.41) is 0.820.